The van der Waals surface area contributed by atoms with Crippen molar-refractivity contribution in [1.29, 1.82) is 0 Å². The summed E-state index contributed by atoms with van der Waals surface area (Å²) in [7, 11) is 1.48. The van der Waals surface area contributed by atoms with Crippen LogP contribution in [0, 0.1) is 0 Å². The van der Waals surface area contributed by atoms with E-state index < -0.39 is 5.69 Å². The van der Waals surface area contributed by atoms with Crippen molar-refractivity contribution in [3.63, 3.8) is 0 Å². The van der Waals surface area contributed by atoms with Gasteiger partial charge in [-0.15, -0.1) is 0 Å². The normalized spacial score (nSPS) is 15.8. The summed E-state index contributed by atoms with van der Waals surface area (Å²) in [6, 6.07) is 18.5. The van der Waals surface area contributed by atoms with Crippen LogP contribution in [0.4, 0.5) is 0 Å². The number of amides is 1. The molecule has 5 rings (SSSR count). The number of carbonyl (C=O) groups is 1. The third-order valence-corrected chi connectivity index (χ3v) is 6.17. The molecule has 166 valence electrons. The number of rotatable bonds is 4. The van der Waals surface area contributed by atoms with Crippen molar-refractivity contribution in [3.8, 4) is 0 Å². The van der Waals surface area contributed by atoms with Crippen LogP contribution in [-0.2, 0) is 13.6 Å². The molecular formula is C25H23N5O3. The minimum absolute atomic E-state index is 0.0198. The topological polar surface area (TPSA) is 90.1 Å². The second-order valence-corrected chi connectivity index (χ2v) is 8.28. The Labute approximate surface area is 189 Å². The third-order valence-electron chi connectivity index (χ3n) is 6.17. The van der Waals surface area contributed by atoms with E-state index in [9.17, 15) is 14.4 Å². The van der Waals surface area contributed by atoms with Crippen molar-refractivity contribution in [2.24, 2.45) is 7.05 Å². The summed E-state index contributed by atoms with van der Waals surface area (Å²) in [5, 5.41) is 0.399. The lowest BCUT2D eigenvalue weighted by atomic mass is 10.0. The quantitative estimate of drug-likeness (QED) is 0.484. The first-order valence-electron chi connectivity index (χ1n) is 10.9. The molecule has 33 heavy (non-hydrogen) atoms. The number of carbonyl (C=O) groups excluding carboxylic acids is 1. The predicted molar refractivity (Wildman–Crippen MR) is 124 cm³/mol. The molecule has 1 aliphatic heterocycles. The minimum Gasteiger partial charge on any atom is -0.337 e. The Bertz CT molecular complexity index is 1440. The van der Waals surface area contributed by atoms with Gasteiger partial charge in [-0.05, 0) is 36.2 Å². The summed E-state index contributed by atoms with van der Waals surface area (Å²) in [6.45, 7) is 1.44. The molecule has 0 bridgehead atoms. The SMILES string of the molecule is Cn1c(=O)c2ccc(C3CCN(C(=O)c4ccccn4)C3)nc2n(Cc2ccccc2)c1=O. The van der Waals surface area contributed by atoms with E-state index in [4.69, 9.17) is 4.98 Å². The summed E-state index contributed by atoms with van der Waals surface area (Å²) >= 11 is 0. The fourth-order valence-electron chi connectivity index (χ4n) is 4.35. The number of hydrogen-bond donors (Lipinski definition) is 0. The molecule has 1 fully saturated rings. The molecule has 0 spiro atoms. The van der Waals surface area contributed by atoms with Crippen LogP contribution >= 0.6 is 0 Å². The molecule has 0 radical (unpaired) electrons. The van der Waals surface area contributed by atoms with E-state index in [-0.39, 0.29) is 17.4 Å². The summed E-state index contributed by atoms with van der Waals surface area (Å²) in [4.78, 5) is 49.2. The second kappa shape index (κ2) is 8.46. The summed E-state index contributed by atoms with van der Waals surface area (Å²) in [5.41, 5.74) is 1.74. The van der Waals surface area contributed by atoms with Gasteiger partial charge in [-0.1, -0.05) is 36.4 Å². The molecule has 1 atom stereocenters. The van der Waals surface area contributed by atoms with Crippen molar-refractivity contribution in [2.45, 2.75) is 18.9 Å². The lowest BCUT2D eigenvalue weighted by Gasteiger charge is -2.17. The van der Waals surface area contributed by atoms with Crippen LogP contribution < -0.4 is 11.2 Å². The summed E-state index contributed by atoms with van der Waals surface area (Å²) < 4.78 is 2.66. The number of pyridine rings is 2. The van der Waals surface area contributed by atoms with E-state index in [1.54, 1.807) is 39.9 Å². The standard InChI is InChI=1S/C25H23N5O3/c1-28-23(31)19-10-11-20(18-12-14-29(16-18)24(32)21-9-5-6-13-26-21)27-22(19)30(25(28)33)15-17-7-3-2-4-8-17/h2-11,13,18H,12,14-16H2,1H3. The maximum atomic E-state index is 13.0. The summed E-state index contributed by atoms with van der Waals surface area (Å²) in [6.07, 6.45) is 2.36. The fourth-order valence-corrected chi connectivity index (χ4v) is 4.35. The fraction of sp³-hybridized carbons (Fsp3) is 0.240. The van der Waals surface area contributed by atoms with Crippen LogP contribution in [0.25, 0.3) is 11.0 Å². The van der Waals surface area contributed by atoms with Gasteiger partial charge >= 0.3 is 5.69 Å². The highest BCUT2D eigenvalue weighted by Crippen LogP contribution is 2.27. The molecule has 1 aliphatic rings. The maximum Gasteiger partial charge on any atom is 0.332 e. The molecule has 1 saturated heterocycles. The average molecular weight is 441 g/mol. The van der Waals surface area contributed by atoms with Crippen LogP contribution in [0.15, 0.2) is 76.4 Å². The molecule has 1 amide bonds. The Morgan fingerprint density at radius 3 is 2.58 bits per heavy atom. The van der Waals surface area contributed by atoms with E-state index >= 15 is 0 Å². The van der Waals surface area contributed by atoms with Crippen molar-refractivity contribution in [2.75, 3.05) is 13.1 Å². The number of nitrogens with zero attached hydrogens (tertiary/aromatic N) is 5. The van der Waals surface area contributed by atoms with Crippen molar-refractivity contribution in [1.82, 2.24) is 24.0 Å². The van der Waals surface area contributed by atoms with Crippen LogP contribution in [0.5, 0.6) is 0 Å². The highest BCUT2D eigenvalue weighted by molar-refractivity contribution is 5.92. The van der Waals surface area contributed by atoms with Crippen LogP contribution in [-0.4, -0.2) is 43.0 Å². The van der Waals surface area contributed by atoms with E-state index in [2.05, 4.69) is 4.98 Å². The molecule has 0 N–H and O–H groups in total. The lowest BCUT2D eigenvalue weighted by Crippen LogP contribution is -2.38. The van der Waals surface area contributed by atoms with Gasteiger partial charge in [0, 0.05) is 37.9 Å². The van der Waals surface area contributed by atoms with Crippen LogP contribution in [0.3, 0.4) is 0 Å². The van der Waals surface area contributed by atoms with Crippen molar-refractivity contribution >= 4 is 16.9 Å². The molecule has 0 aliphatic carbocycles. The van der Waals surface area contributed by atoms with Gasteiger partial charge in [0.25, 0.3) is 11.5 Å². The molecule has 8 heteroatoms. The molecule has 8 nitrogen and oxygen atoms in total. The van der Waals surface area contributed by atoms with Gasteiger partial charge in [0.15, 0.2) is 0 Å². The number of hydrogen-bond acceptors (Lipinski definition) is 5. The number of aromatic nitrogens is 4. The Morgan fingerprint density at radius 2 is 1.82 bits per heavy atom. The van der Waals surface area contributed by atoms with Crippen molar-refractivity contribution < 1.29 is 4.79 Å². The first kappa shape index (κ1) is 20.8. The third kappa shape index (κ3) is 3.84. The Balaban J connectivity index is 1.51. The zero-order valence-corrected chi connectivity index (χ0v) is 18.2. The zero-order chi connectivity index (χ0) is 22.9. The maximum absolute atomic E-state index is 13.0. The summed E-state index contributed by atoms with van der Waals surface area (Å²) in [5.74, 6) is -0.0832. The number of likely N-dealkylation sites (tertiary alicyclic amines) is 1. The van der Waals surface area contributed by atoms with Gasteiger partial charge in [-0.2, -0.15) is 0 Å². The Kier molecular flexibility index (Phi) is 5.34. The van der Waals surface area contributed by atoms with E-state index in [1.807, 2.05) is 36.4 Å². The highest BCUT2D eigenvalue weighted by Gasteiger charge is 2.29. The first-order chi connectivity index (χ1) is 16.0. The molecular weight excluding hydrogens is 418 g/mol. The van der Waals surface area contributed by atoms with Gasteiger partial charge in [-0.3, -0.25) is 23.7 Å². The Hall–Kier alpha value is -4.07. The van der Waals surface area contributed by atoms with Crippen molar-refractivity contribution in [3.05, 3.63) is 105 Å². The van der Waals surface area contributed by atoms with Gasteiger partial charge in [0.2, 0.25) is 0 Å². The molecule has 0 saturated carbocycles. The smallest absolute Gasteiger partial charge is 0.332 e. The van der Waals surface area contributed by atoms with E-state index in [0.717, 1.165) is 22.2 Å². The monoisotopic (exact) mass is 441 g/mol. The first-order valence-corrected chi connectivity index (χ1v) is 10.9. The number of fused-ring (bicyclic) bond motifs is 1. The van der Waals surface area contributed by atoms with Crippen LogP contribution in [0.1, 0.15) is 34.1 Å². The van der Waals surface area contributed by atoms with Gasteiger partial charge in [0.1, 0.15) is 11.3 Å². The molecule has 4 aromatic rings. The molecule has 3 aromatic heterocycles. The molecule has 1 unspecified atom stereocenters. The second-order valence-electron chi connectivity index (χ2n) is 8.28. The average Bonchev–Trinajstić information content (AvgIpc) is 3.36. The number of benzene rings is 1. The zero-order valence-electron chi connectivity index (χ0n) is 18.2. The minimum atomic E-state index is -0.403. The van der Waals surface area contributed by atoms with Crippen LogP contribution in [0.2, 0.25) is 0 Å². The lowest BCUT2D eigenvalue weighted by molar-refractivity contribution is 0.0785. The largest absolute Gasteiger partial charge is 0.337 e. The van der Waals surface area contributed by atoms with E-state index in [0.29, 0.717) is 36.4 Å². The predicted octanol–water partition coefficient (Wildman–Crippen LogP) is 2.17. The van der Waals surface area contributed by atoms with Gasteiger partial charge in [0.05, 0.1) is 11.9 Å². The van der Waals surface area contributed by atoms with Gasteiger partial charge in [-0.25, -0.2) is 9.78 Å². The molecule has 4 heterocycles. The highest BCUT2D eigenvalue weighted by atomic mass is 16.2. The Morgan fingerprint density at radius 1 is 1.03 bits per heavy atom. The molecule has 1 aromatic carbocycles. The van der Waals surface area contributed by atoms with E-state index in [1.165, 1.54) is 7.05 Å². The van der Waals surface area contributed by atoms with Gasteiger partial charge < -0.3 is 4.90 Å².